The Labute approximate surface area is 92.1 Å². The maximum absolute atomic E-state index is 4.49. The van der Waals surface area contributed by atoms with E-state index in [1.165, 1.54) is 30.5 Å². The molecule has 14 heavy (non-hydrogen) atoms. The van der Waals surface area contributed by atoms with Gasteiger partial charge in [0.1, 0.15) is 5.52 Å². The molecule has 0 aliphatic rings. The largest absolute Gasteiger partial charge is 0.332 e. The first-order valence-electron chi connectivity index (χ1n) is 4.95. The Morgan fingerprint density at radius 2 is 2.36 bits per heavy atom. The number of unbranched alkanes of at least 4 members (excludes halogenated alkanes) is 2. The number of aromatic amines is 1. The van der Waals surface area contributed by atoms with Gasteiger partial charge in [0.05, 0.1) is 5.52 Å². The van der Waals surface area contributed by atoms with Gasteiger partial charge < -0.3 is 4.98 Å². The summed E-state index contributed by atoms with van der Waals surface area (Å²) in [5, 5.41) is 5.26. The first-order valence-corrected chi connectivity index (χ1v) is 6.87. The average molecular weight is 226 g/mol. The van der Waals surface area contributed by atoms with Gasteiger partial charge in [-0.2, -0.15) is 0 Å². The highest BCUT2D eigenvalue weighted by Gasteiger charge is 2.02. The number of nitrogens with zero attached hydrogens (tertiary/aromatic N) is 1. The molecule has 0 aliphatic heterocycles. The molecule has 0 unspecified atom stereocenters. The molecule has 1 N–H and O–H groups in total. The number of nitrogens with one attached hydrogen (secondary N) is 1. The van der Waals surface area contributed by atoms with Gasteiger partial charge in [0, 0.05) is 16.5 Å². The first kappa shape index (κ1) is 10.1. The van der Waals surface area contributed by atoms with E-state index in [4.69, 9.17) is 0 Å². The fraction of sp³-hybridized carbons (Fsp3) is 0.500. The summed E-state index contributed by atoms with van der Waals surface area (Å²) in [5.74, 6) is 1.17. The minimum atomic E-state index is 1.07. The lowest BCUT2D eigenvalue weighted by molar-refractivity contribution is 0.777. The lowest BCUT2D eigenvalue weighted by atomic mass is 10.3. The summed E-state index contributed by atoms with van der Waals surface area (Å²) >= 11 is 3.53. The Morgan fingerprint density at radius 3 is 3.14 bits per heavy atom. The van der Waals surface area contributed by atoms with Crippen LogP contribution in [0.1, 0.15) is 26.2 Å². The highest BCUT2D eigenvalue weighted by Crippen LogP contribution is 2.22. The normalized spacial score (nSPS) is 11.2. The van der Waals surface area contributed by atoms with Gasteiger partial charge in [0.25, 0.3) is 0 Å². The van der Waals surface area contributed by atoms with Crippen molar-refractivity contribution in [3.05, 3.63) is 10.8 Å². The van der Waals surface area contributed by atoms with Crippen LogP contribution >= 0.6 is 23.1 Å². The van der Waals surface area contributed by atoms with E-state index < -0.39 is 0 Å². The van der Waals surface area contributed by atoms with Crippen LogP contribution in [-0.4, -0.2) is 15.7 Å². The molecule has 2 aromatic heterocycles. The van der Waals surface area contributed by atoms with E-state index in [1.807, 2.05) is 11.8 Å². The molecule has 0 spiro atoms. The van der Waals surface area contributed by atoms with Crippen molar-refractivity contribution < 1.29 is 0 Å². The quantitative estimate of drug-likeness (QED) is 0.618. The molecule has 0 aliphatic carbocycles. The van der Waals surface area contributed by atoms with Crippen LogP contribution in [0.5, 0.6) is 0 Å². The smallest absolute Gasteiger partial charge is 0.166 e. The van der Waals surface area contributed by atoms with Crippen LogP contribution in [0.3, 0.4) is 0 Å². The second-order valence-electron chi connectivity index (χ2n) is 3.27. The van der Waals surface area contributed by atoms with Crippen LogP contribution < -0.4 is 0 Å². The molecular weight excluding hydrogens is 212 g/mol. The second-order valence-corrected chi connectivity index (χ2v) is 5.10. The van der Waals surface area contributed by atoms with E-state index in [0.29, 0.717) is 0 Å². The SMILES string of the molecule is CCCCCSc1nc2cscc2[nH]1. The summed E-state index contributed by atoms with van der Waals surface area (Å²) < 4.78 is 0. The fourth-order valence-electron chi connectivity index (χ4n) is 1.31. The van der Waals surface area contributed by atoms with Crippen molar-refractivity contribution in [3.63, 3.8) is 0 Å². The van der Waals surface area contributed by atoms with Gasteiger partial charge in [0.15, 0.2) is 5.16 Å². The summed E-state index contributed by atoms with van der Waals surface area (Å²) in [6, 6.07) is 0. The standard InChI is InChI=1S/C10H14N2S2/c1-2-3-4-5-14-10-11-8-6-13-7-9(8)12-10/h6-7H,2-5H2,1H3,(H,11,12). The summed E-state index contributed by atoms with van der Waals surface area (Å²) in [4.78, 5) is 7.80. The van der Waals surface area contributed by atoms with Gasteiger partial charge >= 0.3 is 0 Å². The number of hydrogen-bond acceptors (Lipinski definition) is 3. The van der Waals surface area contributed by atoms with E-state index in [9.17, 15) is 0 Å². The minimum absolute atomic E-state index is 1.07. The van der Waals surface area contributed by atoms with Crippen molar-refractivity contribution in [1.82, 2.24) is 9.97 Å². The Hall–Kier alpha value is -0.480. The predicted octanol–water partition coefficient (Wildman–Crippen LogP) is 3.91. The monoisotopic (exact) mass is 226 g/mol. The van der Waals surface area contributed by atoms with Crippen LogP contribution in [0.2, 0.25) is 0 Å². The molecule has 0 saturated carbocycles. The number of thioether (sulfide) groups is 1. The van der Waals surface area contributed by atoms with Crippen molar-refractivity contribution in [2.75, 3.05) is 5.75 Å². The van der Waals surface area contributed by atoms with E-state index in [2.05, 4.69) is 27.7 Å². The molecule has 0 aromatic carbocycles. The number of fused-ring (bicyclic) bond motifs is 1. The molecular formula is C10H14N2S2. The number of H-pyrrole nitrogens is 1. The molecule has 0 saturated heterocycles. The van der Waals surface area contributed by atoms with Gasteiger partial charge in [-0.05, 0) is 6.42 Å². The van der Waals surface area contributed by atoms with Crippen LogP contribution in [-0.2, 0) is 0 Å². The Balaban J connectivity index is 1.89. The zero-order chi connectivity index (χ0) is 9.80. The number of aromatic nitrogens is 2. The highest BCUT2D eigenvalue weighted by atomic mass is 32.2. The molecule has 0 bridgehead atoms. The van der Waals surface area contributed by atoms with E-state index >= 15 is 0 Å². The molecule has 2 rings (SSSR count). The van der Waals surface area contributed by atoms with Crippen molar-refractivity contribution in [3.8, 4) is 0 Å². The Bertz CT molecular complexity index is 363. The van der Waals surface area contributed by atoms with E-state index in [1.54, 1.807) is 11.3 Å². The third kappa shape index (κ3) is 2.30. The summed E-state index contributed by atoms with van der Waals surface area (Å²) in [5.41, 5.74) is 2.28. The minimum Gasteiger partial charge on any atom is -0.332 e. The van der Waals surface area contributed by atoms with Gasteiger partial charge in [-0.15, -0.1) is 11.3 Å². The van der Waals surface area contributed by atoms with Gasteiger partial charge in [0.2, 0.25) is 0 Å². The number of imidazole rings is 1. The molecule has 76 valence electrons. The molecule has 0 atom stereocenters. The zero-order valence-corrected chi connectivity index (χ0v) is 9.88. The maximum atomic E-state index is 4.49. The molecule has 2 heterocycles. The molecule has 0 radical (unpaired) electrons. The zero-order valence-electron chi connectivity index (χ0n) is 8.25. The van der Waals surface area contributed by atoms with Crippen molar-refractivity contribution >= 4 is 34.1 Å². The van der Waals surface area contributed by atoms with Gasteiger partial charge in [-0.3, -0.25) is 0 Å². The lowest BCUT2D eigenvalue weighted by Gasteiger charge is -1.95. The van der Waals surface area contributed by atoms with Crippen LogP contribution in [0.15, 0.2) is 15.9 Å². The number of thiophene rings is 1. The van der Waals surface area contributed by atoms with Crippen molar-refractivity contribution in [2.45, 2.75) is 31.3 Å². The fourth-order valence-corrected chi connectivity index (χ4v) is 2.89. The molecule has 0 amide bonds. The van der Waals surface area contributed by atoms with Gasteiger partial charge in [-0.25, -0.2) is 4.98 Å². The average Bonchev–Trinajstić information content (AvgIpc) is 2.72. The summed E-state index contributed by atoms with van der Waals surface area (Å²) in [6.45, 7) is 2.23. The van der Waals surface area contributed by atoms with Crippen molar-refractivity contribution in [2.24, 2.45) is 0 Å². The molecule has 2 nitrogen and oxygen atoms in total. The van der Waals surface area contributed by atoms with Crippen LogP contribution in [0.4, 0.5) is 0 Å². The maximum Gasteiger partial charge on any atom is 0.166 e. The highest BCUT2D eigenvalue weighted by molar-refractivity contribution is 7.99. The topological polar surface area (TPSA) is 28.7 Å². The third-order valence-electron chi connectivity index (χ3n) is 2.09. The third-order valence-corrected chi connectivity index (χ3v) is 3.78. The van der Waals surface area contributed by atoms with Crippen LogP contribution in [0, 0.1) is 0 Å². The number of hydrogen-bond donors (Lipinski definition) is 1. The summed E-state index contributed by atoms with van der Waals surface area (Å²) in [6.07, 6.45) is 3.89. The Morgan fingerprint density at radius 1 is 1.43 bits per heavy atom. The summed E-state index contributed by atoms with van der Waals surface area (Å²) in [7, 11) is 0. The van der Waals surface area contributed by atoms with Gasteiger partial charge in [-0.1, -0.05) is 31.5 Å². The predicted molar refractivity (Wildman–Crippen MR) is 64.2 cm³/mol. The van der Waals surface area contributed by atoms with Crippen molar-refractivity contribution in [1.29, 1.82) is 0 Å². The lowest BCUT2D eigenvalue weighted by Crippen LogP contribution is -1.81. The van der Waals surface area contributed by atoms with Crippen LogP contribution in [0.25, 0.3) is 11.0 Å². The molecule has 2 aromatic rings. The number of rotatable bonds is 5. The van der Waals surface area contributed by atoms with E-state index in [0.717, 1.165) is 10.7 Å². The molecule has 4 heteroatoms. The van der Waals surface area contributed by atoms with E-state index in [-0.39, 0.29) is 0 Å². The second kappa shape index (κ2) is 4.84. The molecule has 0 fully saturated rings. The Kier molecular flexibility index (Phi) is 3.48. The first-order chi connectivity index (χ1) is 6.90.